The van der Waals surface area contributed by atoms with Gasteiger partial charge in [0.15, 0.2) is 5.11 Å². The largest absolute Gasteiger partial charge is 0.378 e. The van der Waals surface area contributed by atoms with Crippen molar-refractivity contribution in [1.29, 1.82) is 0 Å². The van der Waals surface area contributed by atoms with Crippen LogP contribution in [0.15, 0.2) is 67.3 Å². The lowest BCUT2D eigenvalue weighted by atomic mass is 10.2. The number of nitrogens with one attached hydrogen (secondary N) is 1. The van der Waals surface area contributed by atoms with Gasteiger partial charge >= 0.3 is 0 Å². The highest BCUT2D eigenvalue weighted by atomic mass is 32.1. The van der Waals surface area contributed by atoms with Crippen molar-refractivity contribution < 1.29 is 4.39 Å². The number of nitrogens with zero attached hydrogens (tertiary/aromatic N) is 4. The Morgan fingerprint density at radius 3 is 2.55 bits per heavy atom. The zero-order valence-corrected chi connectivity index (χ0v) is 17.6. The third-order valence-corrected chi connectivity index (χ3v) is 4.99. The average molecular weight is 412 g/mol. The molecule has 3 rings (SSSR count). The monoisotopic (exact) mass is 411 g/mol. The van der Waals surface area contributed by atoms with Gasteiger partial charge in [-0.25, -0.2) is 9.37 Å². The van der Waals surface area contributed by atoms with Crippen LogP contribution in [0.1, 0.15) is 12.0 Å². The highest BCUT2D eigenvalue weighted by Crippen LogP contribution is 2.17. The number of para-hydroxylation sites is 1. The molecule has 0 aliphatic heterocycles. The van der Waals surface area contributed by atoms with Gasteiger partial charge in [0.05, 0.1) is 12.0 Å². The number of halogens is 1. The van der Waals surface area contributed by atoms with E-state index < -0.39 is 0 Å². The number of thiocarbonyl (C=S) groups is 1. The van der Waals surface area contributed by atoms with E-state index in [1.807, 2.05) is 24.9 Å². The third kappa shape index (κ3) is 6.02. The second kappa shape index (κ2) is 10.0. The quantitative estimate of drug-likeness (QED) is 0.557. The summed E-state index contributed by atoms with van der Waals surface area (Å²) in [6, 6.07) is 15.0. The van der Waals surface area contributed by atoms with Crippen molar-refractivity contribution in [1.82, 2.24) is 14.5 Å². The first-order valence-electron chi connectivity index (χ1n) is 9.55. The first-order valence-corrected chi connectivity index (χ1v) is 9.96. The maximum atomic E-state index is 14.0. The Kier molecular flexibility index (Phi) is 7.19. The van der Waals surface area contributed by atoms with Crippen molar-refractivity contribution in [3.8, 4) is 0 Å². The Morgan fingerprint density at radius 2 is 1.90 bits per heavy atom. The maximum absolute atomic E-state index is 14.0. The summed E-state index contributed by atoms with van der Waals surface area (Å²) in [6.45, 7) is 2.24. The van der Waals surface area contributed by atoms with E-state index in [1.54, 1.807) is 30.7 Å². The summed E-state index contributed by atoms with van der Waals surface area (Å²) in [7, 11) is 4.04. The van der Waals surface area contributed by atoms with Crippen molar-refractivity contribution in [2.24, 2.45) is 0 Å². The van der Waals surface area contributed by atoms with E-state index in [2.05, 4.69) is 44.4 Å². The van der Waals surface area contributed by atoms with Gasteiger partial charge in [-0.1, -0.05) is 24.3 Å². The number of aromatic nitrogens is 2. The molecular weight excluding hydrogens is 385 g/mol. The minimum atomic E-state index is -0.316. The smallest absolute Gasteiger partial charge is 0.173 e. The van der Waals surface area contributed by atoms with Crippen molar-refractivity contribution >= 4 is 28.7 Å². The molecule has 0 bridgehead atoms. The van der Waals surface area contributed by atoms with Crippen LogP contribution in [0.2, 0.25) is 0 Å². The topological polar surface area (TPSA) is 36.3 Å². The molecule has 0 radical (unpaired) electrons. The fraction of sp³-hybridized carbons (Fsp3) is 0.273. The Bertz CT molecular complexity index is 909. The molecule has 2 aromatic carbocycles. The number of hydrogen-bond acceptors (Lipinski definition) is 3. The van der Waals surface area contributed by atoms with Crippen LogP contribution in [0, 0.1) is 5.82 Å². The molecule has 1 heterocycles. The normalized spacial score (nSPS) is 10.6. The first kappa shape index (κ1) is 20.8. The zero-order valence-electron chi connectivity index (χ0n) is 16.8. The van der Waals surface area contributed by atoms with E-state index >= 15 is 0 Å². The summed E-state index contributed by atoms with van der Waals surface area (Å²) in [5.74, 6) is -0.316. The Hall–Kier alpha value is -2.93. The summed E-state index contributed by atoms with van der Waals surface area (Å²) in [5, 5.41) is 3.57. The molecule has 0 aliphatic rings. The van der Waals surface area contributed by atoms with Crippen LogP contribution in [0.25, 0.3) is 0 Å². The lowest BCUT2D eigenvalue weighted by molar-refractivity contribution is 0.396. The highest BCUT2D eigenvalue weighted by molar-refractivity contribution is 7.80. The second-order valence-corrected chi connectivity index (χ2v) is 7.43. The van der Waals surface area contributed by atoms with Crippen molar-refractivity contribution in [2.75, 3.05) is 30.9 Å². The minimum Gasteiger partial charge on any atom is -0.378 e. The van der Waals surface area contributed by atoms with E-state index in [9.17, 15) is 4.39 Å². The molecule has 0 amide bonds. The number of hydrogen-bond donors (Lipinski definition) is 1. The number of anilines is 2. The lowest BCUT2D eigenvalue weighted by Crippen LogP contribution is -2.35. The molecular formula is C22H26FN5S. The molecule has 1 N–H and O–H groups in total. The molecule has 0 unspecified atom stereocenters. The highest BCUT2D eigenvalue weighted by Gasteiger charge is 2.13. The molecule has 0 spiro atoms. The van der Waals surface area contributed by atoms with Gasteiger partial charge < -0.3 is 19.7 Å². The van der Waals surface area contributed by atoms with Crippen LogP contribution in [0.3, 0.4) is 0 Å². The molecule has 3 aromatic rings. The van der Waals surface area contributed by atoms with Crippen molar-refractivity contribution in [3.63, 3.8) is 0 Å². The SMILES string of the molecule is CN(C)c1ccc(CN(CCCn2ccnc2)C(=S)Nc2ccccc2F)cc1. The van der Waals surface area contributed by atoms with E-state index in [4.69, 9.17) is 12.2 Å². The van der Waals surface area contributed by atoms with Gasteiger partial charge in [-0.05, 0) is 48.5 Å². The van der Waals surface area contributed by atoms with E-state index in [-0.39, 0.29) is 5.82 Å². The molecule has 7 heteroatoms. The van der Waals surface area contributed by atoms with E-state index in [1.165, 1.54) is 6.07 Å². The van der Waals surface area contributed by atoms with Gasteiger partial charge in [-0.2, -0.15) is 0 Å². The van der Waals surface area contributed by atoms with Gasteiger partial charge in [0, 0.05) is 51.8 Å². The zero-order chi connectivity index (χ0) is 20.6. The van der Waals surface area contributed by atoms with Crippen molar-refractivity contribution in [2.45, 2.75) is 19.5 Å². The molecule has 0 aliphatic carbocycles. The predicted octanol–water partition coefficient (Wildman–Crippen LogP) is 4.38. The van der Waals surface area contributed by atoms with Gasteiger partial charge in [0.2, 0.25) is 0 Å². The Labute approximate surface area is 176 Å². The molecule has 0 saturated carbocycles. The Morgan fingerprint density at radius 1 is 1.14 bits per heavy atom. The lowest BCUT2D eigenvalue weighted by Gasteiger charge is -2.26. The van der Waals surface area contributed by atoms with Crippen LogP contribution in [-0.2, 0) is 13.1 Å². The van der Waals surface area contributed by atoms with Crippen molar-refractivity contribution in [3.05, 3.63) is 78.6 Å². The first-order chi connectivity index (χ1) is 14.0. The average Bonchev–Trinajstić information content (AvgIpc) is 3.23. The van der Waals surface area contributed by atoms with Gasteiger partial charge in [-0.15, -0.1) is 0 Å². The van der Waals surface area contributed by atoms with Crippen LogP contribution in [0.5, 0.6) is 0 Å². The number of imidazole rings is 1. The number of benzene rings is 2. The van der Waals surface area contributed by atoms with Crippen LogP contribution < -0.4 is 10.2 Å². The summed E-state index contributed by atoms with van der Waals surface area (Å²) in [4.78, 5) is 8.22. The minimum absolute atomic E-state index is 0.316. The summed E-state index contributed by atoms with van der Waals surface area (Å²) >= 11 is 5.62. The summed E-state index contributed by atoms with van der Waals surface area (Å²) < 4.78 is 16.1. The maximum Gasteiger partial charge on any atom is 0.173 e. The second-order valence-electron chi connectivity index (χ2n) is 7.05. The fourth-order valence-corrected chi connectivity index (χ4v) is 3.26. The summed E-state index contributed by atoms with van der Waals surface area (Å²) in [5.41, 5.74) is 2.68. The number of rotatable bonds is 8. The van der Waals surface area contributed by atoms with Gasteiger partial charge in [0.25, 0.3) is 0 Å². The molecule has 0 fully saturated rings. The van der Waals surface area contributed by atoms with Crippen LogP contribution in [-0.4, -0.2) is 40.2 Å². The van der Waals surface area contributed by atoms with Gasteiger partial charge in [-0.3, -0.25) is 0 Å². The fourth-order valence-electron chi connectivity index (χ4n) is 2.99. The number of aryl methyl sites for hydroxylation is 1. The molecule has 0 saturated heterocycles. The molecule has 0 atom stereocenters. The Balaban J connectivity index is 1.69. The van der Waals surface area contributed by atoms with Gasteiger partial charge in [0.1, 0.15) is 5.82 Å². The van der Waals surface area contributed by atoms with Crippen LogP contribution in [0.4, 0.5) is 15.8 Å². The van der Waals surface area contributed by atoms with E-state index in [0.29, 0.717) is 17.3 Å². The van der Waals surface area contributed by atoms with Crippen LogP contribution >= 0.6 is 12.2 Å². The molecule has 1 aromatic heterocycles. The standard InChI is InChI=1S/C22H26FN5S/c1-26(2)19-10-8-18(9-11-19)16-28(14-5-13-27-15-12-24-17-27)22(29)25-21-7-4-3-6-20(21)23/h3-4,6-12,15,17H,5,13-14,16H2,1-2H3,(H,25,29). The summed E-state index contributed by atoms with van der Waals surface area (Å²) in [6.07, 6.45) is 6.42. The predicted molar refractivity (Wildman–Crippen MR) is 121 cm³/mol. The molecule has 29 heavy (non-hydrogen) atoms. The molecule has 152 valence electrons. The third-order valence-electron chi connectivity index (χ3n) is 4.63. The van der Waals surface area contributed by atoms with E-state index in [0.717, 1.165) is 30.8 Å². The molecule has 5 nitrogen and oxygen atoms in total.